The number of rotatable bonds is 5. The summed E-state index contributed by atoms with van der Waals surface area (Å²) in [5, 5.41) is 7.39. The molecule has 4 aliphatic carbocycles. The molecule has 2 heterocycles. The van der Waals surface area contributed by atoms with Gasteiger partial charge in [-0.05, 0) is 69.3 Å². The first-order valence-electron chi connectivity index (χ1n) is 10.4. The molecule has 0 spiro atoms. The summed E-state index contributed by atoms with van der Waals surface area (Å²) >= 11 is 0. The molecule has 1 aliphatic heterocycles. The van der Waals surface area contributed by atoms with Crippen LogP contribution in [0.25, 0.3) is 0 Å². The van der Waals surface area contributed by atoms with E-state index in [4.69, 9.17) is 5.73 Å². The predicted molar refractivity (Wildman–Crippen MR) is 103 cm³/mol. The van der Waals surface area contributed by atoms with Gasteiger partial charge in [-0.2, -0.15) is 0 Å². The number of amides is 1. The number of nitrogens with zero attached hydrogens (tertiary/aromatic N) is 3. The summed E-state index contributed by atoms with van der Waals surface area (Å²) in [4.78, 5) is 23.3. The summed E-state index contributed by atoms with van der Waals surface area (Å²) in [6.45, 7) is 1.21. The smallest absolute Gasteiger partial charge is 0.237 e. The van der Waals surface area contributed by atoms with Crippen molar-refractivity contribution in [2.75, 3.05) is 18.4 Å². The van der Waals surface area contributed by atoms with E-state index in [1.807, 2.05) is 11.0 Å². The maximum Gasteiger partial charge on any atom is 0.237 e. The van der Waals surface area contributed by atoms with Crippen LogP contribution in [-0.4, -0.2) is 51.1 Å². The Balaban J connectivity index is 1.30. The fourth-order valence-corrected chi connectivity index (χ4v) is 6.68. The minimum absolute atomic E-state index is 0.0609. The number of nitrogens with one attached hydrogen (secondary N) is 2. The molecule has 146 valence electrons. The minimum Gasteiger partial charge on any atom is -0.349 e. The Bertz CT molecular complexity index is 696. The normalized spacial score (nSPS) is 39.7. The van der Waals surface area contributed by atoms with Gasteiger partial charge in [0.05, 0.1) is 12.7 Å². The summed E-state index contributed by atoms with van der Waals surface area (Å²) in [7, 11) is 0. The molecule has 3 atom stereocenters. The Morgan fingerprint density at radius 3 is 2.56 bits per heavy atom. The Hall–Kier alpha value is -1.73. The number of aromatic nitrogens is 2. The third-order valence-corrected chi connectivity index (χ3v) is 7.24. The van der Waals surface area contributed by atoms with Crippen molar-refractivity contribution in [3.63, 3.8) is 0 Å². The van der Waals surface area contributed by atoms with E-state index in [-0.39, 0.29) is 23.2 Å². The SMILES string of the molecule is NC1CCCN1C(=O)CNC12CC3CC(C1)CC(Nc1ncccn1)(C3)C2. The Kier molecular flexibility index (Phi) is 4.13. The Morgan fingerprint density at radius 2 is 1.89 bits per heavy atom. The average molecular weight is 371 g/mol. The third kappa shape index (κ3) is 3.21. The molecule has 4 N–H and O–H groups in total. The summed E-state index contributed by atoms with van der Waals surface area (Å²) in [6, 6.07) is 1.85. The van der Waals surface area contributed by atoms with E-state index in [0.29, 0.717) is 6.54 Å². The first kappa shape index (κ1) is 17.4. The standard InChI is InChI=1S/C20H30N6O/c21-16-3-1-6-26(16)17(27)12-24-19-8-14-7-15(9-19)11-20(10-14,13-19)25-18-22-4-2-5-23-18/h2,4-5,14-16,24H,1,3,6-13,21H2,(H,22,23,25). The van der Waals surface area contributed by atoms with Crippen molar-refractivity contribution >= 4 is 11.9 Å². The van der Waals surface area contributed by atoms with Gasteiger partial charge in [-0.15, -0.1) is 0 Å². The molecule has 7 heteroatoms. The van der Waals surface area contributed by atoms with Crippen molar-refractivity contribution in [3.8, 4) is 0 Å². The van der Waals surface area contributed by atoms with Crippen LogP contribution in [0.15, 0.2) is 18.5 Å². The lowest BCUT2D eigenvalue weighted by atomic mass is 9.50. The Morgan fingerprint density at radius 1 is 1.19 bits per heavy atom. The molecular weight excluding hydrogens is 340 g/mol. The molecule has 3 unspecified atom stereocenters. The lowest BCUT2D eigenvalue weighted by molar-refractivity contribution is -0.132. The molecule has 1 aromatic heterocycles. The van der Waals surface area contributed by atoms with Gasteiger partial charge in [0.1, 0.15) is 0 Å². The van der Waals surface area contributed by atoms with Crippen molar-refractivity contribution < 1.29 is 4.79 Å². The van der Waals surface area contributed by atoms with Crippen molar-refractivity contribution in [1.29, 1.82) is 0 Å². The number of hydrogen-bond acceptors (Lipinski definition) is 6. The van der Waals surface area contributed by atoms with E-state index >= 15 is 0 Å². The molecule has 1 amide bonds. The van der Waals surface area contributed by atoms with Crippen LogP contribution >= 0.6 is 0 Å². The van der Waals surface area contributed by atoms with Gasteiger partial charge in [-0.25, -0.2) is 9.97 Å². The lowest BCUT2D eigenvalue weighted by Crippen LogP contribution is -2.67. The second kappa shape index (κ2) is 6.41. The number of carbonyl (C=O) groups excluding carboxylic acids is 1. The fraction of sp³-hybridized carbons (Fsp3) is 0.750. The van der Waals surface area contributed by atoms with E-state index in [1.54, 1.807) is 12.4 Å². The largest absolute Gasteiger partial charge is 0.349 e. The van der Waals surface area contributed by atoms with Gasteiger partial charge in [0, 0.05) is 30.0 Å². The summed E-state index contributed by atoms with van der Waals surface area (Å²) in [5.41, 5.74) is 6.20. The molecule has 5 aliphatic rings. The van der Waals surface area contributed by atoms with Crippen molar-refractivity contribution in [3.05, 3.63) is 18.5 Å². The second-order valence-electron chi connectivity index (χ2n) is 9.37. The zero-order chi connectivity index (χ0) is 18.5. The van der Waals surface area contributed by atoms with Gasteiger partial charge < -0.3 is 21.3 Å². The topological polar surface area (TPSA) is 96.2 Å². The molecule has 1 saturated heterocycles. The third-order valence-electron chi connectivity index (χ3n) is 7.24. The van der Waals surface area contributed by atoms with Crippen LogP contribution in [-0.2, 0) is 4.79 Å². The van der Waals surface area contributed by atoms with E-state index in [2.05, 4.69) is 20.6 Å². The molecule has 7 nitrogen and oxygen atoms in total. The lowest BCUT2D eigenvalue weighted by Gasteiger charge is -2.62. The van der Waals surface area contributed by atoms with Crippen LogP contribution in [0.4, 0.5) is 5.95 Å². The highest BCUT2D eigenvalue weighted by Crippen LogP contribution is 2.58. The second-order valence-corrected chi connectivity index (χ2v) is 9.37. The van der Waals surface area contributed by atoms with Crippen LogP contribution < -0.4 is 16.4 Å². The van der Waals surface area contributed by atoms with E-state index < -0.39 is 0 Å². The van der Waals surface area contributed by atoms with Gasteiger partial charge in [0.2, 0.25) is 11.9 Å². The maximum atomic E-state index is 12.7. The highest BCUT2D eigenvalue weighted by Gasteiger charge is 2.58. The molecular formula is C20H30N6O. The van der Waals surface area contributed by atoms with Crippen LogP contribution in [0, 0.1) is 11.8 Å². The molecule has 6 rings (SSSR count). The number of carbonyl (C=O) groups is 1. The van der Waals surface area contributed by atoms with E-state index in [9.17, 15) is 4.79 Å². The van der Waals surface area contributed by atoms with Crippen LogP contribution in [0.2, 0.25) is 0 Å². The quantitative estimate of drug-likeness (QED) is 0.726. The van der Waals surface area contributed by atoms with Gasteiger partial charge in [-0.1, -0.05) is 0 Å². The molecule has 4 saturated carbocycles. The summed E-state index contributed by atoms with van der Waals surface area (Å²) in [6.07, 6.45) is 12.5. The van der Waals surface area contributed by atoms with Gasteiger partial charge in [0.25, 0.3) is 0 Å². The zero-order valence-corrected chi connectivity index (χ0v) is 15.9. The molecule has 27 heavy (non-hydrogen) atoms. The van der Waals surface area contributed by atoms with Crippen molar-refractivity contribution in [1.82, 2.24) is 20.2 Å². The average Bonchev–Trinajstić information content (AvgIpc) is 3.05. The van der Waals surface area contributed by atoms with Gasteiger partial charge in [0.15, 0.2) is 0 Å². The number of hydrogen-bond donors (Lipinski definition) is 3. The van der Waals surface area contributed by atoms with Gasteiger partial charge >= 0.3 is 0 Å². The number of anilines is 1. The van der Waals surface area contributed by atoms with Crippen molar-refractivity contribution in [2.45, 2.75) is 68.6 Å². The first-order chi connectivity index (χ1) is 13.0. The van der Waals surface area contributed by atoms with E-state index in [1.165, 1.54) is 32.1 Å². The fourth-order valence-electron chi connectivity index (χ4n) is 6.68. The number of likely N-dealkylation sites (tertiary alicyclic amines) is 1. The molecule has 1 aromatic rings. The molecule has 0 radical (unpaired) electrons. The predicted octanol–water partition coefficient (Wildman–Crippen LogP) is 1.48. The van der Waals surface area contributed by atoms with Crippen LogP contribution in [0.1, 0.15) is 51.4 Å². The maximum absolute atomic E-state index is 12.7. The molecule has 4 bridgehead atoms. The highest BCUT2D eigenvalue weighted by atomic mass is 16.2. The van der Waals surface area contributed by atoms with E-state index in [0.717, 1.165) is 43.6 Å². The molecule has 5 fully saturated rings. The van der Waals surface area contributed by atoms with Crippen LogP contribution in [0.3, 0.4) is 0 Å². The summed E-state index contributed by atoms with van der Waals surface area (Å²) in [5.74, 6) is 2.33. The summed E-state index contributed by atoms with van der Waals surface area (Å²) < 4.78 is 0. The number of nitrogens with two attached hydrogens (primary N) is 1. The van der Waals surface area contributed by atoms with Gasteiger partial charge in [-0.3, -0.25) is 4.79 Å². The Labute approximate surface area is 160 Å². The first-order valence-corrected chi connectivity index (χ1v) is 10.4. The minimum atomic E-state index is -0.0982. The zero-order valence-electron chi connectivity index (χ0n) is 15.9. The van der Waals surface area contributed by atoms with Crippen molar-refractivity contribution in [2.24, 2.45) is 17.6 Å². The highest BCUT2D eigenvalue weighted by molar-refractivity contribution is 5.79. The molecule has 0 aromatic carbocycles. The monoisotopic (exact) mass is 370 g/mol. The van der Waals surface area contributed by atoms with Crippen LogP contribution in [0.5, 0.6) is 0 Å².